The number of Topliss-reactive ketones (excluding diaryl/α,β-unsaturated/α-hetero) is 1. The molecule has 106 valence electrons. The van der Waals surface area contributed by atoms with Crippen LogP contribution in [0.2, 0.25) is 0 Å². The molecule has 0 aliphatic carbocycles. The van der Waals surface area contributed by atoms with E-state index in [-0.39, 0.29) is 12.2 Å². The lowest BCUT2D eigenvalue weighted by Gasteiger charge is -2.14. The van der Waals surface area contributed by atoms with E-state index in [0.717, 1.165) is 0 Å². The number of methoxy groups -OCH3 is 3. The zero-order valence-electron chi connectivity index (χ0n) is 11.6. The lowest BCUT2D eigenvalue weighted by molar-refractivity contribution is 0.0987. The number of hydrogen-bond donors (Lipinski definition) is 1. The lowest BCUT2D eigenvalue weighted by atomic mass is 10.1. The minimum absolute atomic E-state index is 0.113. The summed E-state index contributed by atoms with van der Waals surface area (Å²) in [5.74, 6) is 1.77. The second-order valence-electron chi connectivity index (χ2n) is 4.02. The fourth-order valence-corrected chi connectivity index (χ4v) is 1.96. The Morgan fingerprint density at radius 1 is 1.15 bits per heavy atom. The van der Waals surface area contributed by atoms with Gasteiger partial charge in [-0.2, -0.15) is 0 Å². The van der Waals surface area contributed by atoms with Crippen molar-refractivity contribution in [2.45, 2.75) is 6.42 Å². The van der Waals surface area contributed by atoms with Crippen molar-refractivity contribution >= 4 is 5.78 Å². The summed E-state index contributed by atoms with van der Waals surface area (Å²) >= 11 is 0. The maximum absolute atomic E-state index is 12.3. The number of aromatic amines is 1. The molecular weight excluding hydrogens is 260 g/mol. The van der Waals surface area contributed by atoms with Gasteiger partial charge in [-0.3, -0.25) is 4.79 Å². The van der Waals surface area contributed by atoms with Gasteiger partial charge in [-0.25, -0.2) is 4.98 Å². The quantitative estimate of drug-likeness (QED) is 0.815. The molecule has 6 nitrogen and oxygen atoms in total. The molecule has 1 aromatic carbocycles. The molecule has 0 aliphatic heterocycles. The molecule has 0 saturated carbocycles. The Labute approximate surface area is 116 Å². The number of nitrogens with one attached hydrogen (secondary N) is 1. The highest BCUT2D eigenvalue weighted by atomic mass is 16.5. The van der Waals surface area contributed by atoms with Crippen LogP contribution in [-0.2, 0) is 6.42 Å². The van der Waals surface area contributed by atoms with E-state index < -0.39 is 0 Å². The molecule has 2 rings (SSSR count). The predicted octanol–water partition coefficient (Wildman–Crippen LogP) is 1.86. The van der Waals surface area contributed by atoms with Gasteiger partial charge in [0.25, 0.3) is 0 Å². The van der Waals surface area contributed by atoms with Gasteiger partial charge in [0.2, 0.25) is 5.75 Å². The van der Waals surface area contributed by atoms with E-state index in [0.29, 0.717) is 28.6 Å². The first-order valence-electron chi connectivity index (χ1n) is 6.01. The number of nitrogens with zero attached hydrogens (tertiary/aromatic N) is 1. The minimum atomic E-state index is -0.113. The van der Waals surface area contributed by atoms with E-state index in [1.807, 2.05) is 0 Å². The molecule has 0 saturated heterocycles. The molecule has 0 bridgehead atoms. The van der Waals surface area contributed by atoms with Crippen LogP contribution in [0.4, 0.5) is 0 Å². The van der Waals surface area contributed by atoms with Crippen molar-refractivity contribution < 1.29 is 19.0 Å². The van der Waals surface area contributed by atoms with Crippen molar-refractivity contribution in [3.8, 4) is 17.2 Å². The van der Waals surface area contributed by atoms with E-state index in [1.165, 1.54) is 21.3 Å². The molecule has 0 radical (unpaired) electrons. The fourth-order valence-electron chi connectivity index (χ4n) is 1.96. The number of imidazole rings is 1. The maximum Gasteiger partial charge on any atom is 0.204 e. The molecule has 0 fully saturated rings. The largest absolute Gasteiger partial charge is 0.493 e. The summed E-state index contributed by atoms with van der Waals surface area (Å²) in [6.07, 6.45) is 3.45. The van der Waals surface area contributed by atoms with Crippen LogP contribution < -0.4 is 14.2 Å². The van der Waals surface area contributed by atoms with Crippen LogP contribution in [0.25, 0.3) is 0 Å². The van der Waals surface area contributed by atoms with Gasteiger partial charge in [-0.15, -0.1) is 0 Å². The predicted molar refractivity (Wildman–Crippen MR) is 72.7 cm³/mol. The topological polar surface area (TPSA) is 73.4 Å². The van der Waals surface area contributed by atoms with Crippen molar-refractivity contribution in [1.29, 1.82) is 0 Å². The van der Waals surface area contributed by atoms with Crippen LogP contribution in [0.3, 0.4) is 0 Å². The van der Waals surface area contributed by atoms with E-state index in [2.05, 4.69) is 9.97 Å². The Kier molecular flexibility index (Phi) is 4.24. The van der Waals surface area contributed by atoms with Gasteiger partial charge < -0.3 is 19.2 Å². The number of ketones is 1. The Balaban J connectivity index is 2.38. The van der Waals surface area contributed by atoms with Gasteiger partial charge in [0, 0.05) is 12.4 Å². The number of carbonyl (C=O) groups excluding carboxylic acids is 1. The zero-order chi connectivity index (χ0) is 14.5. The first kappa shape index (κ1) is 13.9. The number of carbonyl (C=O) groups is 1. The Morgan fingerprint density at radius 3 is 2.45 bits per heavy atom. The molecule has 0 atom stereocenters. The van der Waals surface area contributed by atoms with Gasteiger partial charge in [-0.1, -0.05) is 0 Å². The van der Waals surface area contributed by atoms with Gasteiger partial charge >= 0.3 is 0 Å². The zero-order valence-corrected chi connectivity index (χ0v) is 11.6. The molecule has 1 N–H and O–H groups in total. The first-order valence-corrected chi connectivity index (χ1v) is 6.01. The Hall–Kier alpha value is -2.50. The summed E-state index contributed by atoms with van der Waals surface area (Å²) in [5.41, 5.74) is 0.432. The van der Waals surface area contributed by atoms with Gasteiger partial charge in [0.1, 0.15) is 5.82 Å². The summed E-state index contributed by atoms with van der Waals surface area (Å²) in [7, 11) is 4.52. The van der Waals surface area contributed by atoms with Gasteiger partial charge in [0.15, 0.2) is 17.3 Å². The molecule has 20 heavy (non-hydrogen) atoms. The monoisotopic (exact) mass is 276 g/mol. The summed E-state index contributed by atoms with van der Waals surface area (Å²) < 4.78 is 15.7. The summed E-state index contributed by atoms with van der Waals surface area (Å²) in [6, 6.07) is 3.34. The van der Waals surface area contributed by atoms with Gasteiger partial charge in [-0.05, 0) is 12.1 Å². The number of aromatic nitrogens is 2. The minimum Gasteiger partial charge on any atom is -0.493 e. The lowest BCUT2D eigenvalue weighted by Crippen LogP contribution is -2.08. The molecule has 0 amide bonds. The highest BCUT2D eigenvalue weighted by Crippen LogP contribution is 2.40. The highest BCUT2D eigenvalue weighted by Gasteiger charge is 2.21. The summed E-state index contributed by atoms with van der Waals surface area (Å²) in [4.78, 5) is 19.3. The van der Waals surface area contributed by atoms with Crippen molar-refractivity contribution in [3.05, 3.63) is 35.9 Å². The third kappa shape index (κ3) is 2.59. The SMILES string of the molecule is COc1ccc(C(=O)Cc2ncc[nH]2)c(OC)c1OC. The number of H-pyrrole nitrogens is 1. The number of rotatable bonds is 6. The van der Waals surface area contributed by atoms with Crippen LogP contribution in [0, 0.1) is 0 Å². The first-order chi connectivity index (χ1) is 9.71. The van der Waals surface area contributed by atoms with E-state index >= 15 is 0 Å². The number of benzene rings is 1. The average Bonchev–Trinajstić information content (AvgIpc) is 2.98. The van der Waals surface area contributed by atoms with Crippen molar-refractivity contribution in [2.24, 2.45) is 0 Å². The summed E-state index contributed by atoms with van der Waals surface area (Å²) in [5, 5.41) is 0. The van der Waals surface area contributed by atoms with Crippen molar-refractivity contribution in [3.63, 3.8) is 0 Å². The third-order valence-electron chi connectivity index (χ3n) is 2.89. The second kappa shape index (κ2) is 6.10. The van der Waals surface area contributed by atoms with Gasteiger partial charge in [0.05, 0.1) is 33.3 Å². The number of ether oxygens (including phenoxy) is 3. The Morgan fingerprint density at radius 2 is 1.90 bits per heavy atom. The standard InChI is InChI=1S/C14H16N2O4/c1-18-11-5-4-9(13(19-2)14(11)20-3)10(17)8-12-15-6-7-16-12/h4-7H,8H2,1-3H3,(H,15,16). The molecule has 0 unspecified atom stereocenters. The van der Waals surface area contributed by atoms with Crippen LogP contribution in [-0.4, -0.2) is 37.1 Å². The van der Waals surface area contributed by atoms with E-state index in [9.17, 15) is 4.79 Å². The molecular formula is C14H16N2O4. The molecule has 6 heteroatoms. The van der Waals surface area contributed by atoms with Crippen molar-refractivity contribution in [1.82, 2.24) is 9.97 Å². The molecule has 0 spiro atoms. The molecule has 0 aliphatic rings. The third-order valence-corrected chi connectivity index (χ3v) is 2.89. The smallest absolute Gasteiger partial charge is 0.204 e. The van der Waals surface area contributed by atoms with E-state index in [4.69, 9.17) is 14.2 Å². The average molecular weight is 276 g/mol. The van der Waals surface area contributed by atoms with E-state index in [1.54, 1.807) is 24.5 Å². The number of hydrogen-bond acceptors (Lipinski definition) is 5. The highest BCUT2D eigenvalue weighted by molar-refractivity contribution is 6.00. The Bertz CT molecular complexity index is 593. The fraction of sp³-hybridized carbons (Fsp3) is 0.286. The molecule has 1 heterocycles. The second-order valence-corrected chi connectivity index (χ2v) is 4.02. The van der Waals surface area contributed by atoms with Crippen LogP contribution in [0.15, 0.2) is 24.5 Å². The maximum atomic E-state index is 12.3. The van der Waals surface area contributed by atoms with Crippen LogP contribution in [0.5, 0.6) is 17.2 Å². The molecule has 2 aromatic rings. The van der Waals surface area contributed by atoms with Crippen LogP contribution in [0.1, 0.15) is 16.2 Å². The normalized spacial score (nSPS) is 10.2. The molecule has 1 aromatic heterocycles. The summed E-state index contributed by atoms with van der Waals surface area (Å²) in [6.45, 7) is 0. The van der Waals surface area contributed by atoms with Crippen molar-refractivity contribution in [2.75, 3.05) is 21.3 Å². The van der Waals surface area contributed by atoms with Crippen LogP contribution >= 0.6 is 0 Å².